The Labute approximate surface area is 119 Å². The summed E-state index contributed by atoms with van der Waals surface area (Å²) in [5.41, 5.74) is 1.22. The number of aliphatic imine (C=N–C) groups is 2. The molecular formula is C16H20N2O2. The summed E-state index contributed by atoms with van der Waals surface area (Å²) in [5.74, 6) is 2.07. The van der Waals surface area contributed by atoms with Crippen LogP contribution in [0.25, 0.3) is 0 Å². The fourth-order valence-electron chi connectivity index (χ4n) is 2.50. The molecule has 0 fully saturated rings. The minimum absolute atomic E-state index is 0.147. The minimum Gasteiger partial charge on any atom is -0.479 e. The van der Waals surface area contributed by atoms with E-state index in [9.17, 15) is 0 Å². The van der Waals surface area contributed by atoms with Crippen molar-refractivity contribution in [3.8, 4) is 0 Å². The molecular weight excluding hydrogens is 252 g/mol. The molecule has 2 atom stereocenters. The van der Waals surface area contributed by atoms with Crippen molar-refractivity contribution in [1.82, 2.24) is 0 Å². The smallest absolute Gasteiger partial charge is 0.186 e. The SMILES string of the molecule is CC(CCC1=NCCO1)C1=NC(c2ccccc2)CO1. The highest BCUT2D eigenvalue weighted by atomic mass is 16.5. The summed E-state index contributed by atoms with van der Waals surface area (Å²) in [6.07, 6.45) is 1.85. The standard InChI is InChI=1S/C16H20N2O2/c1-12(7-8-15-17-9-10-19-15)16-18-14(11-20-16)13-5-3-2-4-6-13/h2-6,12,14H,7-11H2,1H3. The minimum atomic E-state index is 0.147. The first kappa shape index (κ1) is 13.2. The summed E-state index contributed by atoms with van der Waals surface area (Å²) in [6.45, 7) is 4.34. The van der Waals surface area contributed by atoms with Crippen LogP contribution in [0.3, 0.4) is 0 Å². The highest BCUT2D eigenvalue weighted by Crippen LogP contribution is 2.26. The summed E-state index contributed by atoms with van der Waals surface area (Å²) in [6, 6.07) is 10.5. The van der Waals surface area contributed by atoms with E-state index in [1.165, 1.54) is 5.56 Å². The van der Waals surface area contributed by atoms with Crippen LogP contribution < -0.4 is 0 Å². The van der Waals surface area contributed by atoms with Crippen LogP contribution in [0.5, 0.6) is 0 Å². The maximum Gasteiger partial charge on any atom is 0.186 e. The summed E-state index contributed by atoms with van der Waals surface area (Å²) in [4.78, 5) is 9.03. The first-order chi connectivity index (χ1) is 9.83. The van der Waals surface area contributed by atoms with E-state index in [0.29, 0.717) is 12.5 Å². The Morgan fingerprint density at radius 2 is 2.10 bits per heavy atom. The van der Waals surface area contributed by atoms with Gasteiger partial charge in [0.15, 0.2) is 11.8 Å². The first-order valence-electron chi connectivity index (χ1n) is 7.24. The van der Waals surface area contributed by atoms with Crippen molar-refractivity contribution in [2.45, 2.75) is 25.8 Å². The number of hydrogen-bond acceptors (Lipinski definition) is 4. The molecule has 4 heteroatoms. The van der Waals surface area contributed by atoms with Crippen molar-refractivity contribution in [2.24, 2.45) is 15.9 Å². The molecule has 2 unspecified atom stereocenters. The molecule has 0 N–H and O–H groups in total. The zero-order valence-corrected chi connectivity index (χ0v) is 11.8. The predicted molar refractivity (Wildman–Crippen MR) is 79.2 cm³/mol. The van der Waals surface area contributed by atoms with Gasteiger partial charge in [0.2, 0.25) is 0 Å². The van der Waals surface area contributed by atoms with Crippen LogP contribution in [0, 0.1) is 5.92 Å². The number of rotatable bonds is 5. The van der Waals surface area contributed by atoms with Gasteiger partial charge in [0.25, 0.3) is 0 Å². The third kappa shape index (κ3) is 3.00. The highest BCUT2D eigenvalue weighted by molar-refractivity contribution is 5.82. The van der Waals surface area contributed by atoms with Crippen LogP contribution in [0.1, 0.15) is 31.4 Å². The lowest BCUT2D eigenvalue weighted by Crippen LogP contribution is -2.13. The Morgan fingerprint density at radius 3 is 2.85 bits per heavy atom. The van der Waals surface area contributed by atoms with Crippen molar-refractivity contribution in [3.05, 3.63) is 35.9 Å². The van der Waals surface area contributed by atoms with Crippen LogP contribution in [0.2, 0.25) is 0 Å². The maximum absolute atomic E-state index is 5.77. The Morgan fingerprint density at radius 1 is 1.25 bits per heavy atom. The van der Waals surface area contributed by atoms with E-state index in [0.717, 1.165) is 37.8 Å². The van der Waals surface area contributed by atoms with E-state index in [1.807, 2.05) is 18.2 Å². The van der Waals surface area contributed by atoms with Gasteiger partial charge in [0.1, 0.15) is 19.3 Å². The summed E-state index contributed by atoms with van der Waals surface area (Å²) in [7, 11) is 0. The molecule has 0 saturated carbocycles. The number of hydrogen-bond donors (Lipinski definition) is 0. The molecule has 0 aliphatic carbocycles. The fraction of sp³-hybridized carbons (Fsp3) is 0.500. The largest absolute Gasteiger partial charge is 0.479 e. The molecule has 0 saturated heterocycles. The van der Waals surface area contributed by atoms with Crippen LogP contribution >= 0.6 is 0 Å². The van der Waals surface area contributed by atoms with Crippen LogP contribution in [-0.4, -0.2) is 31.6 Å². The topological polar surface area (TPSA) is 43.2 Å². The van der Waals surface area contributed by atoms with E-state index in [-0.39, 0.29) is 6.04 Å². The molecule has 1 aromatic rings. The third-order valence-corrected chi connectivity index (χ3v) is 3.72. The van der Waals surface area contributed by atoms with Crippen LogP contribution in [-0.2, 0) is 9.47 Å². The molecule has 2 heterocycles. The normalized spacial score (nSPS) is 22.8. The van der Waals surface area contributed by atoms with Gasteiger partial charge in [-0.25, -0.2) is 4.99 Å². The second-order valence-corrected chi connectivity index (χ2v) is 5.27. The highest BCUT2D eigenvalue weighted by Gasteiger charge is 2.24. The zero-order chi connectivity index (χ0) is 13.8. The molecule has 2 aliphatic rings. The van der Waals surface area contributed by atoms with Gasteiger partial charge >= 0.3 is 0 Å². The second kappa shape index (κ2) is 6.07. The molecule has 2 aliphatic heterocycles. The monoisotopic (exact) mass is 272 g/mol. The second-order valence-electron chi connectivity index (χ2n) is 5.27. The number of nitrogens with zero attached hydrogens (tertiary/aromatic N) is 2. The molecule has 0 amide bonds. The molecule has 0 bridgehead atoms. The lowest BCUT2D eigenvalue weighted by molar-refractivity contribution is 0.297. The molecule has 1 aromatic carbocycles. The van der Waals surface area contributed by atoms with Crippen LogP contribution in [0.15, 0.2) is 40.3 Å². The van der Waals surface area contributed by atoms with Gasteiger partial charge < -0.3 is 9.47 Å². The maximum atomic E-state index is 5.77. The summed E-state index contributed by atoms with van der Waals surface area (Å²) >= 11 is 0. The van der Waals surface area contributed by atoms with Gasteiger partial charge in [-0.1, -0.05) is 37.3 Å². The number of ether oxygens (including phenoxy) is 2. The predicted octanol–water partition coefficient (Wildman–Crippen LogP) is 3.00. The van der Waals surface area contributed by atoms with Gasteiger partial charge in [-0.2, -0.15) is 0 Å². The van der Waals surface area contributed by atoms with Crippen molar-refractivity contribution < 1.29 is 9.47 Å². The Hall–Kier alpha value is -1.84. The Balaban J connectivity index is 1.57. The Bertz CT molecular complexity index is 510. The van der Waals surface area contributed by atoms with E-state index in [1.54, 1.807) is 0 Å². The molecule has 0 radical (unpaired) electrons. The third-order valence-electron chi connectivity index (χ3n) is 3.72. The summed E-state index contributed by atoms with van der Waals surface area (Å²) in [5, 5.41) is 0. The van der Waals surface area contributed by atoms with Crippen molar-refractivity contribution >= 4 is 11.8 Å². The van der Waals surface area contributed by atoms with E-state index in [4.69, 9.17) is 14.5 Å². The van der Waals surface area contributed by atoms with Crippen molar-refractivity contribution in [2.75, 3.05) is 19.8 Å². The van der Waals surface area contributed by atoms with Gasteiger partial charge in [0.05, 0.1) is 6.54 Å². The van der Waals surface area contributed by atoms with Gasteiger partial charge in [0, 0.05) is 12.3 Å². The average Bonchev–Trinajstić information content (AvgIpc) is 3.17. The van der Waals surface area contributed by atoms with E-state index >= 15 is 0 Å². The van der Waals surface area contributed by atoms with Gasteiger partial charge in [-0.15, -0.1) is 0 Å². The molecule has 0 spiro atoms. The molecule has 3 rings (SSSR count). The average molecular weight is 272 g/mol. The Kier molecular flexibility index (Phi) is 4.00. The van der Waals surface area contributed by atoms with Crippen LogP contribution in [0.4, 0.5) is 0 Å². The molecule has 4 nitrogen and oxygen atoms in total. The van der Waals surface area contributed by atoms with Gasteiger partial charge in [-0.05, 0) is 12.0 Å². The lowest BCUT2D eigenvalue weighted by atomic mass is 10.1. The molecule has 20 heavy (non-hydrogen) atoms. The lowest BCUT2D eigenvalue weighted by Gasteiger charge is -2.10. The zero-order valence-electron chi connectivity index (χ0n) is 11.8. The van der Waals surface area contributed by atoms with Crippen molar-refractivity contribution in [3.63, 3.8) is 0 Å². The molecule has 0 aromatic heterocycles. The number of benzene rings is 1. The van der Waals surface area contributed by atoms with Crippen molar-refractivity contribution in [1.29, 1.82) is 0 Å². The quantitative estimate of drug-likeness (QED) is 0.827. The van der Waals surface area contributed by atoms with Gasteiger partial charge in [-0.3, -0.25) is 4.99 Å². The van der Waals surface area contributed by atoms with E-state index < -0.39 is 0 Å². The first-order valence-corrected chi connectivity index (χ1v) is 7.24. The molecule has 106 valence electrons. The fourth-order valence-corrected chi connectivity index (χ4v) is 2.50. The summed E-state index contributed by atoms with van der Waals surface area (Å²) < 4.78 is 11.2. The van der Waals surface area contributed by atoms with E-state index in [2.05, 4.69) is 24.0 Å².